The summed E-state index contributed by atoms with van der Waals surface area (Å²) in [7, 11) is 4.70. The molecule has 2 aliphatic rings. The summed E-state index contributed by atoms with van der Waals surface area (Å²) in [5.41, 5.74) is 0.523. The van der Waals surface area contributed by atoms with Crippen LogP contribution < -0.4 is 14.2 Å². The summed E-state index contributed by atoms with van der Waals surface area (Å²) < 4.78 is 16.0. The van der Waals surface area contributed by atoms with Crippen LogP contribution in [0.1, 0.15) is 36.0 Å². The van der Waals surface area contributed by atoms with Crippen LogP contribution in [0.2, 0.25) is 0 Å². The smallest absolute Gasteiger partial charge is 0.257 e. The summed E-state index contributed by atoms with van der Waals surface area (Å²) in [4.78, 5) is 17.5. The molecule has 1 saturated heterocycles. The molecule has 6 heteroatoms. The van der Waals surface area contributed by atoms with Gasteiger partial charge < -0.3 is 19.1 Å². The molecule has 25 heavy (non-hydrogen) atoms. The van der Waals surface area contributed by atoms with Gasteiger partial charge in [-0.3, -0.25) is 9.69 Å². The van der Waals surface area contributed by atoms with Crippen molar-refractivity contribution in [3.8, 4) is 17.2 Å². The number of carbonyl (C=O) groups excluding carboxylic acids is 1. The molecule has 1 amide bonds. The molecule has 1 aromatic carbocycles. The second kappa shape index (κ2) is 7.95. The Hall–Kier alpha value is -1.95. The van der Waals surface area contributed by atoms with Gasteiger partial charge in [-0.15, -0.1) is 0 Å². The van der Waals surface area contributed by atoms with Crippen molar-refractivity contribution in [2.45, 2.75) is 31.7 Å². The van der Waals surface area contributed by atoms with E-state index in [9.17, 15) is 4.79 Å². The highest BCUT2D eigenvalue weighted by molar-refractivity contribution is 5.98. The van der Waals surface area contributed by atoms with Crippen LogP contribution >= 0.6 is 0 Å². The maximum Gasteiger partial charge on any atom is 0.257 e. The third-order valence-corrected chi connectivity index (χ3v) is 5.38. The second-order valence-corrected chi connectivity index (χ2v) is 6.67. The fraction of sp³-hybridized carbons (Fsp3) is 0.632. The molecule has 1 aliphatic heterocycles. The summed E-state index contributed by atoms with van der Waals surface area (Å²) in [5, 5.41) is 0. The van der Waals surface area contributed by atoms with Crippen molar-refractivity contribution < 1.29 is 19.0 Å². The predicted octanol–water partition coefficient (Wildman–Crippen LogP) is 2.41. The molecule has 1 saturated carbocycles. The van der Waals surface area contributed by atoms with E-state index in [0.717, 1.165) is 26.2 Å². The van der Waals surface area contributed by atoms with Crippen molar-refractivity contribution in [3.05, 3.63) is 17.7 Å². The molecule has 0 bridgehead atoms. The molecule has 0 spiro atoms. The van der Waals surface area contributed by atoms with Gasteiger partial charge in [0.15, 0.2) is 11.5 Å². The highest BCUT2D eigenvalue weighted by Gasteiger charge is 2.29. The topological polar surface area (TPSA) is 51.2 Å². The third-order valence-electron chi connectivity index (χ3n) is 5.38. The average Bonchev–Trinajstić information content (AvgIpc) is 3.21. The molecule has 0 aromatic heterocycles. The first-order valence-corrected chi connectivity index (χ1v) is 9.01. The largest absolute Gasteiger partial charge is 0.496 e. The van der Waals surface area contributed by atoms with E-state index >= 15 is 0 Å². The number of piperazine rings is 1. The van der Waals surface area contributed by atoms with Crippen LogP contribution in [0.3, 0.4) is 0 Å². The van der Waals surface area contributed by atoms with Gasteiger partial charge >= 0.3 is 0 Å². The van der Waals surface area contributed by atoms with E-state index in [1.165, 1.54) is 25.7 Å². The molecule has 6 nitrogen and oxygen atoms in total. The lowest BCUT2D eigenvalue weighted by Crippen LogP contribution is -2.51. The van der Waals surface area contributed by atoms with E-state index in [1.54, 1.807) is 33.5 Å². The summed E-state index contributed by atoms with van der Waals surface area (Å²) in [6.45, 7) is 3.41. The van der Waals surface area contributed by atoms with Gasteiger partial charge in [0, 0.05) is 44.4 Å². The molecule has 138 valence electrons. The molecular weight excluding hydrogens is 320 g/mol. The Morgan fingerprint density at radius 1 is 0.880 bits per heavy atom. The Labute approximate surface area is 149 Å². The number of benzene rings is 1. The maximum atomic E-state index is 13.0. The molecule has 3 rings (SSSR count). The van der Waals surface area contributed by atoms with Crippen LogP contribution in [-0.2, 0) is 0 Å². The standard InChI is InChI=1S/C19H28N2O4/c1-23-16-13-18(25-3)17(24-2)12-15(16)19(22)21-10-8-20(9-11-21)14-6-4-5-7-14/h12-14H,4-11H2,1-3H3. The van der Waals surface area contributed by atoms with Gasteiger partial charge in [-0.2, -0.15) is 0 Å². The van der Waals surface area contributed by atoms with Gasteiger partial charge in [-0.1, -0.05) is 12.8 Å². The first-order chi connectivity index (χ1) is 12.2. The van der Waals surface area contributed by atoms with E-state index < -0.39 is 0 Å². The Morgan fingerprint density at radius 3 is 2.00 bits per heavy atom. The van der Waals surface area contributed by atoms with Crippen LogP contribution in [-0.4, -0.2) is 69.3 Å². The quantitative estimate of drug-likeness (QED) is 0.818. The molecule has 0 atom stereocenters. The van der Waals surface area contributed by atoms with E-state index in [1.807, 2.05) is 4.90 Å². The van der Waals surface area contributed by atoms with Gasteiger partial charge in [-0.25, -0.2) is 0 Å². The van der Waals surface area contributed by atoms with Gasteiger partial charge in [0.2, 0.25) is 0 Å². The lowest BCUT2D eigenvalue weighted by Gasteiger charge is -2.38. The normalized spacial score (nSPS) is 19.1. The van der Waals surface area contributed by atoms with Crippen molar-refractivity contribution in [1.82, 2.24) is 9.80 Å². The van der Waals surface area contributed by atoms with Gasteiger partial charge in [0.05, 0.1) is 26.9 Å². The molecule has 0 unspecified atom stereocenters. The zero-order valence-corrected chi connectivity index (χ0v) is 15.4. The zero-order valence-electron chi connectivity index (χ0n) is 15.4. The molecule has 0 N–H and O–H groups in total. The summed E-state index contributed by atoms with van der Waals surface area (Å²) >= 11 is 0. The highest BCUT2D eigenvalue weighted by atomic mass is 16.5. The monoisotopic (exact) mass is 348 g/mol. The van der Waals surface area contributed by atoms with Crippen molar-refractivity contribution in [2.75, 3.05) is 47.5 Å². The zero-order chi connectivity index (χ0) is 17.8. The number of nitrogens with zero attached hydrogens (tertiary/aromatic N) is 2. The minimum absolute atomic E-state index is 0.0103. The Kier molecular flexibility index (Phi) is 5.68. The fourth-order valence-electron chi connectivity index (χ4n) is 3.93. The SMILES string of the molecule is COc1cc(OC)c(C(=O)N2CCN(C3CCCC3)CC2)cc1OC. The number of amides is 1. The number of hydrogen-bond acceptors (Lipinski definition) is 5. The Bertz CT molecular complexity index is 606. The lowest BCUT2D eigenvalue weighted by molar-refractivity contribution is 0.0570. The number of rotatable bonds is 5. The first kappa shape index (κ1) is 17.9. The number of ether oxygens (including phenoxy) is 3. The number of carbonyl (C=O) groups is 1. The van der Waals surface area contributed by atoms with Crippen LogP contribution in [0.15, 0.2) is 12.1 Å². The molecule has 2 fully saturated rings. The Balaban J connectivity index is 1.72. The minimum Gasteiger partial charge on any atom is -0.496 e. The van der Waals surface area contributed by atoms with Crippen molar-refractivity contribution in [3.63, 3.8) is 0 Å². The first-order valence-electron chi connectivity index (χ1n) is 9.01. The van der Waals surface area contributed by atoms with E-state index in [0.29, 0.717) is 28.9 Å². The highest BCUT2D eigenvalue weighted by Crippen LogP contribution is 2.35. The van der Waals surface area contributed by atoms with E-state index in [2.05, 4.69) is 4.90 Å². The lowest BCUT2D eigenvalue weighted by atomic mass is 10.1. The second-order valence-electron chi connectivity index (χ2n) is 6.67. The van der Waals surface area contributed by atoms with Crippen molar-refractivity contribution in [2.24, 2.45) is 0 Å². The number of hydrogen-bond donors (Lipinski definition) is 0. The molecule has 1 aromatic rings. The van der Waals surface area contributed by atoms with Crippen LogP contribution in [0.25, 0.3) is 0 Å². The summed E-state index contributed by atoms with van der Waals surface area (Å²) in [5.74, 6) is 1.60. The fourth-order valence-corrected chi connectivity index (χ4v) is 3.93. The van der Waals surface area contributed by atoms with Crippen molar-refractivity contribution >= 4 is 5.91 Å². The molecule has 1 heterocycles. The van der Waals surface area contributed by atoms with E-state index in [4.69, 9.17) is 14.2 Å². The van der Waals surface area contributed by atoms with Crippen LogP contribution in [0.5, 0.6) is 17.2 Å². The average molecular weight is 348 g/mol. The minimum atomic E-state index is -0.0103. The van der Waals surface area contributed by atoms with Crippen LogP contribution in [0.4, 0.5) is 0 Å². The molecule has 1 aliphatic carbocycles. The third kappa shape index (κ3) is 3.68. The predicted molar refractivity (Wildman–Crippen MR) is 95.8 cm³/mol. The van der Waals surface area contributed by atoms with Gasteiger partial charge in [-0.05, 0) is 12.8 Å². The van der Waals surface area contributed by atoms with Gasteiger partial charge in [0.25, 0.3) is 5.91 Å². The summed E-state index contributed by atoms with van der Waals surface area (Å²) in [6.07, 6.45) is 5.29. The molecule has 0 radical (unpaired) electrons. The van der Waals surface area contributed by atoms with E-state index in [-0.39, 0.29) is 5.91 Å². The van der Waals surface area contributed by atoms with Gasteiger partial charge in [0.1, 0.15) is 5.75 Å². The molecular formula is C19H28N2O4. The summed E-state index contributed by atoms with van der Waals surface area (Å²) in [6, 6.07) is 4.14. The maximum absolute atomic E-state index is 13.0. The van der Waals surface area contributed by atoms with Crippen molar-refractivity contribution in [1.29, 1.82) is 0 Å². The number of methoxy groups -OCH3 is 3. The Morgan fingerprint density at radius 2 is 1.44 bits per heavy atom. The van der Waals surface area contributed by atoms with Crippen LogP contribution in [0, 0.1) is 0 Å².